The highest BCUT2D eigenvalue weighted by Crippen LogP contribution is 2.15. The molecule has 24 heavy (non-hydrogen) atoms. The van der Waals surface area contributed by atoms with Crippen molar-refractivity contribution in [2.75, 3.05) is 20.2 Å². The molecule has 0 unspecified atom stereocenters. The third-order valence-electron chi connectivity index (χ3n) is 4.51. The molecule has 1 saturated heterocycles. The van der Waals surface area contributed by atoms with Crippen LogP contribution in [0.5, 0.6) is 5.75 Å². The van der Waals surface area contributed by atoms with Gasteiger partial charge in [-0.2, -0.15) is 0 Å². The van der Waals surface area contributed by atoms with Crippen LogP contribution in [0.25, 0.3) is 0 Å². The molecule has 132 valence electrons. The Kier molecular flexibility index (Phi) is 6.64. The van der Waals surface area contributed by atoms with Crippen molar-refractivity contribution in [3.8, 4) is 5.75 Å². The van der Waals surface area contributed by atoms with Crippen LogP contribution in [-0.2, 0) is 16.0 Å². The van der Waals surface area contributed by atoms with E-state index in [1.165, 1.54) is 0 Å². The molecule has 0 bridgehead atoms. The Morgan fingerprint density at radius 3 is 2.38 bits per heavy atom. The number of aryl methyl sites for hydroxylation is 1. The fraction of sp³-hybridized carbons (Fsp3) is 0.579. The zero-order valence-corrected chi connectivity index (χ0v) is 14.9. The van der Waals surface area contributed by atoms with Crippen molar-refractivity contribution < 1.29 is 14.3 Å². The first kappa shape index (κ1) is 18.3. The second-order valence-corrected chi connectivity index (χ2v) is 6.67. The molecule has 1 aliphatic heterocycles. The minimum absolute atomic E-state index is 0.00848. The van der Waals surface area contributed by atoms with Gasteiger partial charge in [-0.15, -0.1) is 0 Å². The molecule has 1 aromatic rings. The number of likely N-dealkylation sites (tertiary alicyclic amines) is 1. The van der Waals surface area contributed by atoms with Crippen LogP contribution >= 0.6 is 0 Å². The first-order valence-corrected chi connectivity index (χ1v) is 8.70. The maximum absolute atomic E-state index is 12.3. The number of benzene rings is 1. The van der Waals surface area contributed by atoms with Gasteiger partial charge < -0.3 is 15.0 Å². The summed E-state index contributed by atoms with van der Waals surface area (Å²) in [7, 11) is 1.64. The van der Waals surface area contributed by atoms with Gasteiger partial charge in [-0.05, 0) is 37.0 Å². The minimum atomic E-state index is 0.00848. The van der Waals surface area contributed by atoms with Crippen LogP contribution in [-0.4, -0.2) is 43.0 Å². The van der Waals surface area contributed by atoms with Gasteiger partial charge in [0.15, 0.2) is 0 Å². The van der Waals surface area contributed by atoms with Gasteiger partial charge in [0.1, 0.15) is 5.75 Å². The molecule has 0 aliphatic carbocycles. The number of methoxy groups -OCH3 is 1. The smallest absolute Gasteiger partial charge is 0.222 e. The first-order valence-electron chi connectivity index (χ1n) is 8.70. The summed E-state index contributed by atoms with van der Waals surface area (Å²) in [6.45, 7) is 5.25. The van der Waals surface area contributed by atoms with E-state index < -0.39 is 0 Å². The molecule has 0 radical (unpaired) electrons. The lowest BCUT2D eigenvalue weighted by atomic mass is 10.0. The fourth-order valence-electron chi connectivity index (χ4n) is 2.84. The second kappa shape index (κ2) is 8.71. The number of nitrogens with one attached hydrogen (secondary N) is 1. The van der Waals surface area contributed by atoms with Crippen molar-refractivity contribution in [1.82, 2.24) is 10.2 Å². The first-order chi connectivity index (χ1) is 11.5. The quantitative estimate of drug-likeness (QED) is 0.870. The number of hydrogen-bond acceptors (Lipinski definition) is 3. The molecule has 1 aliphatic rings. The summed E-state index contributed by atoms with van der Waals surface area (Å²) in [5, 5.41) is 3.06. The van der Waals surface area contributed by atoms with Gasteiger partial charge in [-0.3, -0.25) is 9.59 Å². The molecular weight excluding hydrogens is 304 g/mol. The summed E-state index contributed by atoms with van der Waals surface area (Å²) < 4.78 is 5.14. The molecule has 1 heterocycles. The average molecular weight is 332 g/mol. The Labute approximate surface area is 144 Å². The molecular formula is C19H28N2O3. The number of carbonyl (C=O) groups excluding carboxylic acids is 2. The summed E-state index contributed by atoms with van der Waals surface area (Å²) in [5.41, 5.74) is 1.14. The van der Waals surface area contributed by atoms with Crippen molar-refractivity contribution in [2.24, 2.45) is 5.92 Å². The molecule has 0 saturated carbocycles. The zero-order valence-electron chi connectivity index (χ0n) is 14.9. The Bertz CT molecular complexity index is 546. The maximum atomic E-state index is 12.3. The van der Waals surface area contributed by atoms with Crippen LogP contribution in [0.1, 0.15) is 38.7 Å². The zero-order chi connectivity index (χ0) is 17.5. The summed E-state index contributed by atoms with van der Waals surface area (Å²) in [5.74, 6) is 1.13. The average Bonchev–Trinajstić information content (AvgIpc) is 2.60. The van der Waals surface area contributed by atoms with Gasteiger partial charge in [0.25, 0.3) is 0 Å². The van der Waals surface area contributed by atoms with Gasteiger partial charge in [0.2, 0.25) is 11.8 Å². The van der Waals surface area contributed by atoms with Gasteiger partial charge >= 0.3 is 0 Å². The summed E-state index contributed by atoms with van der Waals surface area (Å²) in [6, 6.07) is 8.04. The molecule has 5 heteroatoms. The van der Waals surface area contributed by atoms with Crippen LogP contribution in [0.15, 0.2) is 24.3 Å². The predicted molar refractivity (Wildman–Crippen MR) is 93.9 cm³/mol. The van der Waals surface area contributed by atoms with Gasteiger partial charge in [0.05, 0.1) is 7.11 Å². The van der Waals surface area contributed by atoms with Crippen molar-refractivity contribution in [3.63, 3.8) is 0 Å². The van der Waals surface area contributed by atoms with Crippen molar-refractivity contribution in [2.45, 2.75) is 45.6 Å². The standard InChI is InChI=1S/C19H28N2O3/c1-14(2)19(23)20-16-10-12-21(13-11-16)18(22)9-6-15-4-7-17(24-3)8-5-15/h4-5,7-8,14,16H,6,9-13H2,1-3H3,(H,20,23). The maximum Gasteiger partial charge on any atom is 0.222 e. The Morgan fingerprint density at radius 2 is 1.83 bits per heavy atom. The van der Waals surface area contributed by atoms with E-state index in [2.05, 4.69) is 5.32 Å². The molecule has 0 atom stereocenters. The van der Waals surface area contributed by atoms with Gasteiger partial charge in [-0.25, -0.2) is 0 Å². The van der Waals surface area contributed by atoms with Crippen molar-refractivity contribution in [3.05, 3.63) is 29.8 Å². The Balaban J connectivity index is 1.73. The lowest BCUT2D eigenvalue weighted by Crippen LogP contribution is -2.47. The molecule has 1 fully saturated rings. The number of rotatable bonds is 6. The molecule has 1 N–H and O–H groups in total. The highest BCUT2D eigenvalue weighted by Gasteiger charge is 2.24. The molecule has 1 aromatic carbocycles. The largest absolute Gasteiger partial charge is 0.497 e. The minimum Gasteiger partial charge on any atom is -0.497 e. The normalized spacial score (nSPS) is 15.4. The number of amides is 2. The highest BCUT2D eigenvalue weighted by atomic mass is 16.5. The third-order valence-corrected chi connectivity index (χ3v) is 4.51. The molecule has 5 nitrogen and oxygen atoms in total. The van der Waals surface area contributed by atoms with E-state index in [1.807, 2.05) is 43.0 Å². The Hall–Kier alpha value is -2.04. The summed E-state index contributed by atoms with van der Waals surface area (Å²) in [6.07, 6.45) is 2.95. The summed E-state index contributed by atoms with van der Waals surface area (Å²) >= 11 is 0. The van der Waals surface area contributed by atoms with E-state index in [9.17, 15) is 9.59 Å². The van der Waals surface area contributed by atoms with E-state index in [-0.39, 0.29) is 23.8 Å². The molecule has 2 rings (SSSR count). The molecule has 0 spiro atoms. The number of piperidine rings is 1. The number of carbonyl (C=O) groups is 2. The lowest BCUT2D eigenvalue weighted by molar-refractivity contribution is -0.132. The van der Waals surface area contributed by atoms with Crippen LogP contribution in [0, 0.1) is 5.92 Å². The van der Waals surface area contributed by atoms with Crippen molar-refractivity contribution >= 4 is 11.8 Å². The highest BCUT2D eigenvalue weighted by molar-refractivity contribution is 5.78. The predicted octanol–water partition coefficient (Wildman–Crippen LogP) is 2.39. The van der Waals surface area contributed by atoms with Crippen LogP contribution < -0.4 is 10.1 Å². The van der Waals surface area contributed by atoms with Gasteiger partial charge in [0, 0.05) is 31.5 Å². The number of nitrogens with zero attached hydrogens (tertiary/aromatic N) is 1. The van der Waals surface area contributed by atoms with E-state index in [4.69, 9.17) is 4.74 Å². The lowest BCUT2D eigenvalue weighted by Gasteiger charge is -2.32. The monoisotopic (exact) mass is 332 g/mol. The van der Waals surface area contributed by atoms with E-state index >= 15 is 0 Å². The third kappa shape index (κ3) is 5.25. The van der Waals surface area contributed by atoms with E-state index in [0.717, 1.165) is 43.7 Å². The number of ether oxygens (including phenoxy) is 1. The second-order valence-electron chi connectivity index (χ2n) is 6.67. The molecule has 2 amide bonds. The van der Waals surface area contributed by atoms with Crippen LogP contribution in [0.2, 0.25) is 0 Å². The SMILES string of the molecule is COc1ccc(CCC(=O)N2CCC(NC(=O)C(C)C)CC2)cc1. The molecule has 0 aromatic heterocycles. The summed E-state index contributed by atoms with van der Waals surface area (Å²) in [4.78, 5) is 26.0. The van der Waals surface area contributed by atoms with E-state index in [1.54, 1.807) is 7.11 Å². The topological polar surface area (TPSA) is 58.6 Å². The van der Waals surface area contributed by atoms with E-state index in [0.29, 0.717) is 6.42 Å². The van der Waals surface area contributed by atoms with Crippen LogP contribution in [0.3, 0.4) is 0 Å². The van der Waals surface area contributed by atoms with Crippen LogP contribution in [0.4, 0.5) is 0 Å². The Morgan fingerprint density at radius 1 is 1.21 bits per heavy atom. The number of hydrogen-bond donors (Lipinski definition) is 1. The fourth-order valence-corrected chi connectivity index (χ4v) is 2.84. The van der Waals surface area contributed by atoms with Crippen molar-refractivity contribution in [1.29, 1.82) is 0 Å². The van der Waals surface area contributed by atoms with Gasteiger partial charge in [-0.1, -0.05) is 26.0 Å².